The van der Waals surface area contributed by atoms with Crippen LogP contribution in [0.2, 0.25) is 0 Å². The van der Waals surface area contributed by atoms with Gasteiger partial charge in [0.25, 0.3) is 0 Å². The van der Waals surface area contributed by atoms with E-state index in [0.29, 0.717) is 4.68 Å². The minimum atomic E-state index is -3.76. The first-order chi connectivity index (χ1) is 8.36. The number of carbonyl (C=O) groups is 1. The maximum Gasteiger partial charge on any atom is 0.490 e. The van der Waals surface area contributed by atoms with Crippen LogP contribution in [0, 0.1) is 10.1 Å². The third-order valence-corrected chi connectivity index (χ3v) is 1.76. The minimum absolute atomic E-state index is 0. The standard InChI is InChI=1S/C7H10F2N6O3.ClH/c1-2-11-12-5(16)7(8,9)3-14-4-10-6(13-14)15(17)18;/h4,11H,2-3H2,1H3,(H,12,16);1H. The van der Waals surface area contributed by atoms with Crippen molar-refractivity contribution in [2.24, 2.45) is 0 Å². The van der Waals surface area contributed by atoms with Gasteiger partial charge in [-0.25, -0.2) is 5.43 Å². The van der Waals surface area contributed by atoms with Gasteiger partial charge in [0.1, 0.15) is 6.54 Å². The fraction of sp³-hybridized carbons (Fsp3) is 0.571. The van der Waals surface area contributed by atoms with Crippen molar-refractivity contribution >= 4 is 24.3 Å². The number of carbonyl (C=O) groups excluding carboxylic acids is 1. The third kappa shape index (κ3) is 4.71. The molecule has 2 N–H and O–H groups in total. The summed E-state index contributed by atoms with van der Waals surface area (Å²) >= 11 is 0. The summed E-state index contributed by atoms with van der Waals surface area (Å²) < 4.78 is 27.2. The normalized spacial score (nSPS) is 10.7. The number of nitrogens with one attached hydrogen (secondary N) is 2. The zero-order valence-electron chi connectivity index (χ0n) is 9.67. The van der Waals surface area contributed by atoms with E-state index in [4.69, 9.17) is 0 Å². The highest BCUT2D eigenvalue weighted by atomic mass is 35.5. The molecule has 0 aliphatic heterocycles. The second-order valence-corrected chi connectivity index (χ2v) is 3.19. The van der Waals surface area contributed by atoms with Gasteiger partial charge in [-0.2, -0.15) is 13.5 Å². The van der Waals surface area contributed by atoms with Crippen molar-refractivity contribution in [1.82, 2.24) is 25.6 Å². The van der Waals surface area contributed by atoms with E-state index in [2.05, 4.69) is 15.5 Å². The Kier molecular flexibility index (Phi) is 6.21. The number of halogens is 3. The highest BCUT2D eigenvalue weighted by Gasteiger charge is 2.40. The summed E-state index contributed by atoms with van der Waals surface area (Å²) in [5, 5.41) is 13.4. The number of hydrazine groups is 1. The van der Waals surface area contributed by atoms with Gasteiger partial charge in [0, 0.05) is 11.6 Å². The monoisotopic (exact) mass is 300 g/mol. The predicted octanol–water partition coefficient (Wildman–Crippen LogP) is -0.116. The molecule has 0 atom stereocenters. The van der Waals surface area contributed by atoms with Crippen LogP contribution in [0.3, 0.4) is 0 Å². The van der Waals surface area contributed by atoms with Crippen molar-refractivity contribution in [1.29, 1.82) is 0 Å². The molecule has 1 aromatic heterocycles. The van der Waals surface area contributed by atoms with Crippen LogP contribution in [0.4, 0.5) is 14.7 Å². The van der Waals surface area contributed by atoms with Gasteiger partial charge in [0.15, 0.2) is 0 Å². The zero-order valence-corrected chi connectivity index (χ0v) is 10.5. The van der Waals surface area contributed by atoms with Crippen LogP contribution >= 0.6 is 12.4 Å². The summed E-state index contributed by atoms with van der Waals surface area (Å²) in [6.45, 7) is 0.751. The molecular formula is C7H11ClF2N6O3. The van der Waals surface area contributed by atoms with E-state index in [-0.39, 0.29) is 19.0 Å². The summed E-state index contributed by atoms with van der Waals surface area (Å²) in [6.07, 6.45) is 0.757. The van der Waals surface area contributed by atoms with Crippen LogP contribution in [0.5, 0.6) is 0 Å². The lowest BCUT2D eigenvalue weighted by molar-refractivity contribution is -0.394. The number of hydrogen-bond donors (Lipinski definition) is 2. The molecule has 0 saturated carbocycles. The van der Waals surface area contributed by atoms with Gasteiger partial charge in [-0.3, -0.25) is 10.2 Å². The Balaban J connectivity index is 0.00000324. The van der Waals surface area contributed by atoms with Crippen LogP contribution < -0.4 is 10.9 Å². The first-order valence-corrected chi connectivity index (χ1v) is 4.81. The molecule has 0 aromatic carbocycles. The lowest BCUT2D eigenvalue weighted by Crippen LogP contribution is -2.48. The Morgan fingerprint density at radius 3 is 2.74 bits per heavy atom. The lowest BCUT2D eigenvalue weighted by atomic mass is 10.3. The smallest absolute Gasteiger partial charge is 0.390 e. The van der Waals surface area contributed by atoms with Gasteiger partial charge < -0.3 is 10.1 Å². The maximum atomic E-state index is 13.3. The molecule has 0 fully saturated rings. The number of amides is 1. The molecule has 108 valence electrons. The Labute approximate surface area is 111 Å². The van der Waals surface area contributed by atoms with Crippen LogP contribution in [0.15, 0.2) is 6.33 Å². The van der Waals surface area contributed by atoms with Crippen molar-refractivity contribution < 1.29 is 18.5 Å². The molecule has 1 rings (SSSR count). The van der Waals surface area contributed by atoms with Crippen LogP contribution in [-0.2, 0) is 11.3 Å². The quantitative estimate of drug-likeness (QED) is 0.559. The van der Waals surface area contributed by atoms with Gasteiger partial charge in [-0.15, -0.1) is 12.4 Å². The third-order valence-electron chi connectivity index (χ3n) is 1.76. The summed E-state index contributed by atoms with van der Waals surface area (Å²) in [5.41, 5.74) is 4.02. The summed E-state index contributed by atoms with van der Waals surface area (Å²) in [5.74, 6) is -6.12. The van der Waals surface area contributed by atoms with Gasteiger partial charge >= 0.3 is 17.8 Å². The summed E-state index contributed by atoms with van der Waals surface area (Å²) in [7, 11) is 0. The average Bonchev–Trinajstić information content (AvgIpc) is 2.73. The Bertz CT molecular complexity index is 454. The number of alkyl halides is 2. The molecule has 0 bridgehead atoms. The number of hydrogen-bond acceptors (Lipinski definition) is 6. The largest absolute Gasteiger partial charge is 0.490 e. The second kappa shape index (κ2) is 6.89. The van der Waals surface area contributed by atoms with Gasteiger partial charge in [0.05, 0.1) is 0 Å². The van der Waals surface area contributed by atoms with E-state index < -0.39 is 29.2 Å². The van der Waals surface area contributed by atoms with Gasteiger partial charge in [0.2, 0.25) is 6.33 Å². The molecule has 0 aliphatic rings. The summed E-state index contributed by atoms with van der Waals surface area (Å²) in [6, 6.07) is 0. The van der Waals surface area contributed by atoms with Crippen molar-refractivity contribution in [2.45, 2.75) is 19.4 Å². The fourth-order valence-corrected chi connectivity index (χ4v) is 0.980. The molecule has 1 heterocycles. The molecule has 19 heavy (non-hydrogen) atoms. The number of rotatable bonds is 6. The zero-order chi connectivity index (χ0) is 13.8. The molecule has 1 aromatic rings. The summed E-state index contributed by atoms with van der Waals surface area (Å²) in [4.78, 5) is 23.6. The molecule has 1 amide bonds. The number of nitro groups is 1. The topological polar surface area (TPSA) is 115 Å². The number of aromatic nitrogens is 3. The maximum absolute atomic E-state index is 13.3. The highest BCUT2D eigenvalue weighted by molar-refractivity contribution is 5.85. The molecule has 0 unspecified atom stereocenters. The van der Waals surface area contributed by atoms with Crippen molar-refractivity contribution in [3.05, 3.63) is 16.4 Å². The lowest BCUT2D eigenvalue weighted by Gasteiger charge is -2.14. The Hall–Kier alpha value is -1.88. The minimum Gasteiger partial charge on any atom is -0.390 e. The Morgan fingerprint density at radius 1 is 1.63 bits per heavy atom. The van der Waals surface area contributed by atoms with E-state index in [0.717, 1.165) is 6.33 Å². The number of nitrogens with zero attached hydrogens (tertiary/aromatic N) is 4. The molecule has 0 saturated heterocycles. The molecular weight excluding hydrogens is 290 g/mol. The van der Waals surface area contributed by atoms with E-state index in [1.165, 1.54) is 0 Å². The van der Waals surface area contributed by atoms with Gasteiger partial charge in [-0.1, -0.05) is 11.9 Å². The van der Waals surface area contributed by atoms with Crippen LogP contribution in [-0.4, -0.2) is 38.1 Å². The van der Waals surface area contributed by atoms with Gasteiger partial charge in [-0.05, 0) is 4.92 Å². The van der Waals surface area contributed by atoms with Crippen molar-refractivity contribution in [2.75, 3.05) is 6.54 Å². The highest BCUT2D eigenvalue weighted by Crippen LogP contribution is 2.16. The molecule has 0 aliphatic carbocycles. The second-order valence-electron chi connectivity index (χ2n) is 3.19. The Morgan fingerprint density at radius 2 is 2.26 bits per heavy atom. The van der Waals surface area contributed by atoms with Crippen LogP contribution in [0.25, 0.3) is 0 Å². The fourth-order valence-electron chi connectivity index (χ4n) is 0.980. The predicted molar refractivity (Wildman–Crippen MR) is 60.7 cm³/mol. The van der Waals surface area contributed by atoms with E-state index in [1.807, 2.05) is 0 Å². The molecule has 9 nitrogen and oxygen atoms in total. The van der Waals surface area contributed by atoms with Crippen molar-refractivity contribution in [3.63, 3.8) is 0 Å². The van der Waals surface area contributed by atoms with E-state index in [1.54, 1.807) is 12.3 Å². The average molecular weight is 301 g/mol. The van der Waals surface area contributed by atoms with E-state index >= 15 is 0 Å². The molecule has 0 spiro atoms. The first-order valence-electron chi connectivity index (χ1n) is 4.81. The van der Waals surface area contributed by atoms with Crippen LogP contribution in [0.1, 0.15) is 6.92 Å². The molecule has 12 heteroatoms. The van der Waals surface area contributed by atoms with Crippen molar-refractivity contribution in [3.8, 4) is 0 Å². The molecule has 0 radical (unpaired) electrons. The van der Waals surface area contributed by atoms with E-state index in [9.17, 15) is 23.7 Å². The first kappa shape index (κ1) is 17.1. The SMILES string of the molecule is CCNNC(=O)C(F)(F)Cn1cnc([N+](=O)[O-])n1.Cl.